The number of fused-ring (bicyclic) bond motifs is 3. The first-order valence-corrected chi connectivity index (χ1v) is 20.6. The van der Waals surface area contributed by atoms with E-state index in [1.165, 1.54) is 0 Å². The van der Waals surface area contributed by atoms with Crippen molar-refractivity contribution < 1.29 is 0 Å². The molecule has 1 unspecified atom stereocenters. The van der Waals surface area contributed by atoms with Crippen molar-refractivity contribution in [3.8, 4) is 5.69 Å². The first-order chi connectivity index (χ1) is 29.4. The molecule has 3 N–H and O–H groups in total. The fraction of sp³-hybridized carbons (Fsp3) is 0.109. The van der Waals surface area contributed by atoms with Crippen molar-refractivity contribution >= 4 is 44.9 Å². The maximum absolute atomic E-state index is 6.62. The minimum absolute atomic E-state index is 0.220. The van der Waals surface area contributed by atoms with E-state index in [0.29, 0.717) is 11.4 Å². The van der Waals surface area contributed by atoms with Gasteiger partial charge in [0, 0.05) is 52.2 Å². The Kier molecular flexibility index (Phi) is 15.6. The van der Waals surface area contributed by atoms with Crippen molar-refractivity contribution in [2.75, 3.05) is 4.90 Å². The molecule has 0 aliphatic carbocycles. The summed E-state index contributed by atoms with van der Waals surface area (Å²) >= 11 is 0. The van der Waals surface area contributed by atoms with Crippen LogP contribution in [0.5, 0.6) is 0 Å². The lowest BCUT2D eigenvalue weighted by atomic mass is 9.95. The maximum Gasteiger partial charge on any atom is 0.0851 e. The number of para-hydroxylation sites is 2. The highest BCUT2D eigenvalue weighted by Crippen LogP contribution is 2.38. The number of nitrogens with one attached hydrogen (secondary N) is 1. The summed E-state index contributed by atoms with van der Waals surface area (Å²) < 4.78 is 2.35. The number of aliphatic imine (C=N–C) groups is 1. The van der Waals surface area contributed by atoms with Crippen LogP contribution in [0.25, 0.3) is 38.6 Å². The Balaban J connectivity index is 0.00000166. The number of allylic oxidation sites excluding steroid dienone is 12. The smallest absolute Gasteiger partial charge is 0.0851 e. The molecular weight excluding hydrogens is 731 g/mol. The zero-order valence-corrected chi connectivity index (χ0v) is 35.6. The number of anilines is 1. The van der Waals surface area contributed by atoms with Crippen molar-refractivity contribution in [2.24, 2.45) is 10.7 Å². The Morgan fingerprint density at radius 1 is 0.800 bits per heavy atom. The van der Waals surface area contributed by atoms with E-state index in [0.717, 1.165) is 72.3 Å². The van der Waals surface area contributed by atoms with E-state index in [1.807, 2.05) is 95.5 Å². The standard InChI is InChI=1S/C51H45N5.2C2H6/c1-6-8-18-36(3)47-34-41(35-48(54-47)46(52)25-9-7-2)39-19-15-22-43(33-39)56-49-26-14-13-23-45(49)51-44(24-16-27-50(51)56)40-28-31-55(42-20-11-10-12-21-42)30-17-29-53-38(5)37(4)32-40;2*1-2/h6-35,48,54H,1,3-5,52H2,2H3;2*1-2H3/b9-7-,18-8-,30-17-,31-28-,40-32+,46-25-,53-29?;;. The molecule has 1 atom stereocenters. The van der Waals surface area contributed by atoms with Gasteiger partial charge in [0.1, 0.15) is 0 Å². The Bertz CT molecular complexity index is 2650. The van der Waals surface area contributed by atoms with Crippen LogP contribution >= 0.6 is 0 Å². The summed E-state index contributed by atoms with van der Waals surface area (Å²) in [6.45, 7) is 26.7. The lowest BCUT2D eigenvalue weighted by molar-refractivity contribution is 0.745. The molecule has 2 aliphatic heterocycles. The number of hydrogen-bond acceptors (Lipinski definition) is 4. The second-order valence-corrected chi connectivity index (χ2v) is 13.5. The normalized spacial score (nSPS) is 17.6. The minimum Gasteiger partial charge on any atom is -0.400 e. The lowest BCUT2D eigenvalue weighted by Crippen LogP contribution is -2.34. The van der Waals surface area contributed by atoms with E-state index < -0.39 is 0 Å². The maximum atomic E-state index is 6.62. The number of nitrogens with zero attached hydrogens (tertiary/aromatic N) is 3. The molecule has 4 aromatic carbocycles. The number of benzene rings is 4. The number of dihydropyridines is 1. The van der Waals surface area contributed by atoms with Crippen molar-refractivity contribution in [3.63, 3.8) is 0 Å². The molecule has 302 valence electrons. The second kappa shape index (κ2) is 21.4. The van der Waals surface area contributed by atoms with Gasteiger partial charge in [0.05, 0.1) is 22.8 Å². The van der Waals surface area contributed by atoms with E-state index in [4.69, 9.17) is 5.73 Å². The van der Waals surface area contributed by atoms with Crippen LogP contribution in [-0.2, 0) is 0 Å². The SMILES string of the molecule is C=C/C=C\C(=C)C1=CC(c2cccc(-n3c4ccccc4c4c(C5=C/C(=C)C(=C)N=C/C=C\N(c6ccccc6)/C=C\5)cccc43)c2)=CC(/C(N)=C/C=C\C)N1.CC.CC. The predicted octanol–water partition coefficient (Wildman–Crippen LogP) is 13.9. The summed E-state index contributed by atoms with van der Waals surface area (Å²) in [7, 11) is 0. The Labute approximate surface area is 357 Å². The molecule has 2 aliphatic rings. The third kappa shape index (κ3) is 10.0. The van der Waals surface area contributed by atoms with E-state index >= 15 is 0 Å². The molecule has 0 amide bonds. The predicted molar refractivity (Wildman–Crippen MR) is 264 cm³/mol. The zero-order valence-electron chi connectivity index (χ0n) is 35.6. The van der Waals surface area contributed by atoms with Crippen molar-refractivity contribution in [1.82, 2.24) is 9.88 Å². The van der Waals surface area contributed by atoms with Crippen LogP contribution in [0.15, 0.2) is 236 Å². The number of hydrogen-bond donors (Lipinski definition) is 2. The van der Waals surface area contributed by atoms with Crippen LogP contribution < -0.4 is 16.0 Å². The van der Waals surface area contributed by atoms with Gasteiger partial charge in [-0.25, -0.2) is 0 Å². The molecule has 0 fully saturated rings. The van der Waals surface area contributed by atoms with Crippen LogP contribution in [0.1, 0.15) is 45.7 Å². The molecule has 0 radical (unpaired) electrons. The second-order valence-electron chi connectivity index (χ2n) is 13.5. The molecule has 0 saturated heterocycles. The van der Waals surface area contributed by atoms with Gasteiger partial charge < -0.3 is 20.5 Å². The summed E-state index contributed by atoms with van der Waals surface area (Å²) in [6, 6.07) is 33.8. The molecule has 5 heteroatoms. The summed E-state index contributed by atoms with van der Waals surface area (Å²) in [5, 5.41) is 5.85. The van der Waals surface area contributed by atoms with Crippen molar-refractivity contribution in [1.29, 1.82) is 0 Å². The quantitative estimate of drug-likeness (QED) is 0.146. The van der Waals surface area contributed by atoms with Crippen LogP contribution in [0.2, 0.25) is 0 Å². The van der Waals surface area contributed by atoms with Crippen LogP contribution in [-0.4, -0.2) is 16.8 Å². The van der Waals surface area contributed by atoms with Gasteiger partial charge in [0.2, 0.25) is 0 Å². The highest BCUT2D eigenvalue weighted by Gasteiger charge is 2.20. The summed E-state index contributed by atoms with van der Waals surface area (Å²) in [6.07, 6.45) is 27.7. The van der Waals surface area contributed by atoms with Gasteiger partial charge >= 0.3 is 0 Å². The highest BCUT2D eigenvalue weighted by molar-refractivity contribution is 6.14. The molecule has 0 spiro atoms. The molecule has 0 bridgehead atoms. The van der Waals surface area contributed by atoms with E-state index in [9.17, 15) is 0 Å². The number of rotatable bonds is 9. The fourth-order valence-electron chi connectivity index (χ4n) is 6.94. The molecule has 60 heavy (non-hydrogen) atoms. The summed E-state index contributed by atoms with van der Waals surface area (Å²) in [5.41, 5.74) is 18.8. The molecule has 7 rings (SSSR count). The molecular formula is C55H57N5. The molecule has 5 nitrogen and oxygen atoms in total. The Hall–Kier alpha value is -7.37. The summed E-state index contributed by atoms with van der Waals surface area (Å²) in [5.74, 6) is 0. The van der Waals surface area contributed by atoms with E-state index in [2.05, 4.69) is 155 Å². The largest absolute Gasteiger partial charge is 0.400 e. The first-order valence-electron chi connectivity index (χ1n) is 20.6. The average molecular weight is 788 g/mol. The summed E-state index contributed by atoms with van der Waals surface area (Å²) in [4.78, 5) is 6.66. The van der Waals surface area contributed by atoms with Gasteiger partial charge in [0.15, 0.2) is 0 Å². The van der Waals surface area contributed by atoms with Crippen molar-refractivity contribution in [3.05, 3.63) is 242 Å². The van der Waals surface area contributed by atoms with Crippen LogP contribution in [0.4, 0.5) is 5.69 Å². The first kappa shape index (κ1) is 43.7. The molecule has 5 aromatic rings. The third-order valence-corrected chi connectivity index (χ3v) is 9.76. The monoisotopic (exact) mass is 787 g/mol. The van der Waals surface area contributed by atoms with Gasteiger partial charge in [-0.05, 0) is 113 Å². The van der Waals surface area contributed by atoms with Gasteiger partial charge in [-0.3, -0.25) is 4.99 Å². The lowest BCUT2D eigenvalue weighted by Gasteiger charge is -2.26. The fourth-order valence-corrected chi connectivity index (χ4v) is 6.94. The van der Waals surface area contributed by atoms with E-state index in [-0.39, 0.29) is 6.04 Å². The molecule has 0 saturated carbocycles. The highest BCUT2D eigenvalue weighted by atomic mass is 15.1. The van der Waals surface area contributed by atoms with Gasteiger partial charge in [-0.2, -0.15) is 0 Å². The van der Waals surface area contributed by atoms with E-state index in [1.54, 1.807) is 12.3 Å². The van der Waals surface area contributed by atoms with Crippen molar-refractivity contribution in [2.45, 2.75) is 40.7 Å². The van der Waals surface area contributed by atoms with Gasteiger partial charge in [-0.1, -0.05) is 145 Å². The number of aromatic nitrogens is 1. The minimum atomic E-state index is -0.220. The Morgan fingerprint density at radius 3 is 2.28 bits per heavy atom. The Morgan fingerprint density at radius 2 is 1.52 bits per heavy atom. The third-order valence-electron chi connectivity index (χ3n) is 9.76. The van der Waals surface area contributed by atoms with Gasteiger partial charge in [-0.15, -0.1) is 0 Å². The van der Waals surface area contributed by atoms with Crippen LogP contribution in [0, 0.1) is 0 Å². The average Bonchev–Trinajstić information content (AvgIpc) is 3.64. The van der Waals surface area contributed by atoms with Crippen LogP contribution in [0.3, 0.4) is 0 Å². The topological polar surface area (TPSA) is 58.6 Å². The molecule has 3 heterocycles. The zero-order chi connectivity index (χ0) is 43.0. The van der Waals surface area contributed by atoms with Gasteiger partial charge in [0.25, 0.3) is 0 Å². The molecule has 1 aromatic heterocycles. The number of nitrogens with two attached hydrogens (primary N) is 1.